The Morgan fingerprint density at radius 1 is 1.33 bits per heavy atom. The van der Waals surface area contributed by atoms with Crippen molar-refractivity contribution in [2.45, 2.75) is 6.18 Å². The number of aromatic nitrogens is 1. The average Bonchev–Trinajstić information content (AvgIpc) is 2.57. The Balaban J connectivity index is 2.55. The fraction of sp³-hybridized carbons (Fsp3) is 0.125. The van der Waals surface area contributed by atoms with Crippen LogP contribution in [0.25, 0.3) is 11.1 Å². The molecule has 0 saturated carbocycles. The Morgan fingerprint density at radius 2 is 2.07 bits per heavy atom. The lowest BCUT2D eigenvalue weighted by Crippen LogP contribution is -2.06. The smallest absolute Gasteiger partial charge is 0.416 e. The molecule has 0 saturated heterocycles. The van der Waals surface area contributed by atoms with E-state index >= 15 is 0 Å². The lowest BCUT2D eigenvalue weighted by Gasteiger charge is -2.04. The first-order valence-corrected chi connectivity index (χ1v) is 3.95. The van der Waals surface area contributed by atoms with Crippen molar-refractivity contribution in [1.29, 1.82) is 0 Å². The summed E-state index contributed by atoms with van der Waals surface area (Å²) in [5.74, 6) is 5.01. The van der Waals surface area contributed by atoms with Gasteiger partial charge >= 0.3 is 12.2 Å². The van der Waals surface area contributed by atoms with Gasteiger partial charge in [-0.2, -0.15) is 18.2 Å². The maximum atomic E-state index is 12.3. The van der Waals surface area contributed by atoms with Crippen molar-refractivity contribution in [3.05, 3.63) is 23.8 Å². The van der Waals surface area contributed by atoms with Gasteiger partial charge in [0, 0.05) is 0 Å². The lowest BCUT2D eigenvalue weighted by molar-refractivity contribution is -0.137. The van der Waals surface area contributed by atoms with Crippen LogP contribution in [0.4, 0.5) is 19.2 Å². The van der Waals surface area contributed by atoms with E-state index in [-0.39, 0.29) is 17.1 Å². The van der Waals surface area contributed by atoms with Gasteiger partial charge in [0.2, 0.25) is 0 Å². The molecule has 80 valence electrons. The van der Waals surface area contributed by atoms with Gasteiger partial charge in [0.1, 0.15) is 5.52 Å². The van der Waals surface area contributed by atoms with Crippen LogP contribution in [0.1, 0.15) is 5.56 Å². The molecule has 1 aromatic heterocycles. The molecule has 0 spiro atoms. The molecule has 0 atom stereocenters. The van der Waals surface area contributed by atoms with E-state index in [4.69, 9.17) is 10.3 Å². The van der Waals surface area contributed by atoms with Crippen molar-refractivity contribution in [3.63, 3.8) is 0 Å². The van der Waals surface area contributed by atoms with Gasteiger partial charge in [-0.05, 0) is 18.2 Å². The van der Waals surface area contributed by atoms with E-state index < -0.39 is 11.7 Å². The number of halogens is 3. The number of nitrogen functional groups attached to an aromatic ring is 1. The SMILES string of the molecule is NNc1nc2cc(C(F)(F)F)ccc2o1. The Kier molecular flexibility index (Phi) is 2.04. The summed E-state index contributed by atoms with van der Waals surface area (Å²) >= 11 is 0. The van der Waals surface area contributed by atoms with Gasteiger partial charge in [0.05, 0.1) is 5.56 Å². The number of fused-ring (bicyclic) bond motifs is 1. The number of benzene rings is 1. The number of hydrogen-bond acceptors (Lipinski definition) is 4. The molecule has 0 bridgehead atoms. The van der Waals surface area contributed by atoms with Gasteiger partial charge in [0.25, 0.3) is 0 Å². The van der Waals surface area contributed by atoms with Gasteiger partial charge in [-0.1, -0.05) is 0 Å². The molecule has 4 nitrogen and oxygen atoms in total. The third kappa shape index (κ3) is 1.73. The standard InChI is InChI=1S/C8H6F3N3O/c9-8(10,11)4-1-2-6-5(3-4)13-7(14-12)15-6/h1-3H,12H2,(H,13,14). The molecule has 2 aromatic rings. The number of anilines is 1. The molecule has 0 amide bonds. The van der Waals surface area contributed by atoms with Crippen LogP contribution in [-0.2, 0) is 6.18 Å². The molecule has 15 heavy (non-hydrogen) atoms. The van der Waals surface area contributed by atoms with Gasteiger partial charge in [0.15, 0.2) is 5.58 Å². The van der Waals surface area contributed by atoms with Crippen LogP contribution < -0.4 is 11.3 Å². The van der Waals surface area contributed by atoms with Crippen molar-refractivity contribution >= 4 is 17.1 Å². The van der Waals surface area contributed by atoms with E-state index in [0.29, 0.717) is 0 Å². The number of rotatable bonds is 1. The number of alkyl halides is 3. The fourth-order valence-corrected chi connectivity index (χ4v) is 1.17. The van der Waals surface area contributed by atoms with Gasteiger partial charge < -0.3 is 4.42 Å². The number of nitrogens with one attached hydrogen (secondary N) is 1. The molecule has 0 radical (unpaired) electrons. The second kappa shape index (κ2) is 3.13. The second-order valence-electron chi connectivity index (χ2n) is 2.84. The summed E-state index contributed by atoms with van der Waals surface area (Å²) in [4.78, 5) is 3.70. The van der Waals surface area contributed by atoms with Crippen molar-refractivity contribution in [2.24, 2.45) is 5.84 Å². The number of nitrogens with zero attached hydrogens (tertiary/aromatic N) is 1. The van der Waals surface area contributed by atoms with Crippen molar-refractivity contribution in [2.75, 3.05) is 5.43 Å². The van der Waals surface area contributed by atoms with E-state index in [1.807, 2.05) is 0 Å². The minimum atomic E-state index is -4.39. The Hall–Kier alpha value is -1.76. The minimum Gasteiger partial charge on any atom is -0.423 e. The summed E-state index contributed by atoms with van der Waals surface area (Å²) in [5.41, 5.74) is 1.70. The lowest BCUT2D eigenvalue weighted by atomic mass is 10.2. The molecule has 1 aromatic carbocycles. The topological polar surface area (TPSA) is 64.1 Å². The quantitative estimate of drug-likeness (QED) is 0.567. The van der Waals surface area contributed by atoms with Gasteiger partial charge in [-0.15, -0.1) is 0 Å². The van der Waals surface area contributed by atoms with Gasteiger partial charge in [-0.25, -0.2) is 5.84 Å². The molecular formula is C8H6F3N3O. The van der Waals surface area contributed by atoms with Crippen LogP contribution in [0.15, 0.2) is 22.6 Å². The summed E-state index contributed by atoms with van der Waals surface area (Å²) < 4.78 is 41.9. The molecule has 0 fully saturated rings. The molecule has 2 rings (SSSR count). The molecule has 0 unspecified atom stereocenters. The molecule has 0 aliphatic heterocycles. The van der Waals surface area contributed by atoms with Crippen molar-refractivity contribution in [3.8, 4) is 0 Å². The predicted octanol–water partition coefficient (Wildman–Crippen LogP) is 2.13. The minimum absolute atomic E-state index is 0.0238. The maximum absolute atomic E-state index is 12.3. The molecule has 0 aliphatic rings. The highest BCUT2D eigenvalue weighted by molar-refractivity contribution is 5.75. The summed E-state index contributed by atoms with van der Waals surface area (Å²) in [6.45, 7) is 0. The Morgan fingerprint density at radius 3 is 2.67 bits per heavy atom. The summed E-state index contributed by atoms with van der Waals surface area (Å²) in [6, 6.07) is 3.00. The maximum Gasteiger partial charge on any atom is 0.416 e. The molecular weight excluding hydrogens is 211 g/mol. The van der Waals surface area contributed by atoms with Crippen molar-refractivity contribution in [1.82, 2.24) is 4.98 Å². The number of hydrazine groups is 1. The molecule has 0 aliphatic carbocycles. The third-order valence-electron chi connectivity index (χ3n) is 1.84. The second-order valence-corrected chi connectivity index (χ2v) is 2.84. The van der Waals surface area contributed by atoms with Gasteiger partial charge in [-0.3, -0.25) is 5.43 Å². The Bertz CT molecular complexity index is 491. The average molecular weight is 217 g/mol. The van der Waals surface area contributed by atoms with Crippen LogP contribution in [0.5, 0.6) is 0 Å². The molecule has 3 N–H and O–H groups in total. The summed E-state index contributed by atoms with van der Waals surface area (Å²) in [5, 5.41) is 0. The number of hydrogen-bond donors (Lipinski definition) is 2. The summed E-state index contributed by atoms with van der Waals surface area (Å²) in [7, 11) is 0. The highest BCUT2D eigenvalue weighted by Gasteiger charge is 2.30. The van der Waals surface area contributed by atoms with Crippen LogP contribution in [0, 0.1) is 0 Å². The predicted molar refractivity (Wildman–Crippen MR) is 46.8 cm³/mol. The zero-order valence-electron chi connectivity index (χ0n) is 7.30. The first-order valence-electron chi connectivity index (χ1n) is 3.95. The normalized spacial score (nSPS) is 12.0. The van der Waals surface area contributed by atoms with Crippen LogP contribution >= 0.6 is 0 Å². The number of oxazole rings is 1. The van der Waals surface area contributed by atoms with E-state index in [1.54, 1.807) is 0 Å². The third-order valence-corrected chi connectivity index (χ3v) is 1.84. The van der Waals surface area contributed by atoms with Crippen LogP contribution in [-0.4, -0.2) is 4.98 Å². The first-order chi connectivity index (χ1) is 7.00. The molecule has 7 heteroatoms. The Labute approximate surface area is 81.8 Å². The zero-order chi connectivity index (χ0) is 11.1. The van der Waals surface area contributed by atoms with E-state index in [2.05, 4.69) is 10.4 Å². The van der Waals surface area contributed by atoms with E-state index in [1.165, 1.54) is 6.07 Å². The summed E-state index contributed by atoms with van der Waals surface area (Å²) in [6.07, 6.45) is -4.39. The zero-order valence-corrected chi connectivity index (χ0v) is 7.30. The van der Waals surface area contributed by atoms with E-state index in [9.17, 15) is 13.2 Å². The first kappa shape index (κ1) is 9.78. The largest absolute Gasteiger partial charge is 0.423 e. The molecule has 1 heterocycles. The van der Waals surface area contributed by atoms with Crippen LogP contribution in [0.2, 0.25) is 0 Å². The van der Waals surface area contributed by atoms with Crippen LogP contribution in [0.3, 0.4) is 0 Å². The highest BCUT2D eigenvalue weighted by atomic mass is 19.4. The van der Waals surface area contributed by atoms with Crippen molar-refractivity contribution < 1.29 is 17.6 Å². The fourth-order valence-electron chi connectivity index (χ4n) is 1.17. The monoisotopic (exact) mass is 217 g/mol. The highest BCUT2D eigenvalue weighted by Crippen LogP contribution is 2.31. The van der Waals surface area contributed by atoms with E-state index in [0.717, 1.165) is 12.1 Å². The number of nitrogens with two attached hydrogens (primary N) is 1.